The molecule has 1 atom stereocenters. The summed E-state index contributed by atoms with van der Waals surface area (Å²) in [6, 6.07) is 4.29. The second kappa shape index (κ2) is 7.45. The summed E-state index contributed by atoms with van der Waals surface area (Å²) in [7, 11) is 0. The second-order valence-electron chi connectivity index (χ2n) is 3.93. The third-order valence-electron chi connectivity index (χ3n) is 2.20. The average Bonchev–Trinajstić information content (AvgIpc) is 2.27. The highest BCUT2D eigenvalue weighted by molar-refractivity contribution is 9.10. The van der Waals surface area contributed by atoms with E-state index >= 15 is 0 Å². The van der Waals surface area contributed by atoms with E-state index in [4.69, 9.17) is 5.11 Å². The zero-order chi connectivity index (χ0) is 13.5. The first kappa shape index (κ1) is 15.1. The number of carbonyl (C=O) groups excluding carboxylic acids is 1. The van der Waals surface area contributed by atoms with Crippen molar-refractivity contribution < 1.29 is 14.3 Å². The molecule has 1 aromatic carbocycles. The molecule has 1 aromatic rings. The van der Waals surface area contributed by atoms with Crippen LogP contribution in [0.25, 0.3) is 0 Å². The maximum atomic E-state index is 13.4. The molecule has 4 nitrogen and oxygen atoms in total. The van der Waals surface area contributed by atoms with Crippen molar-refractivity contribution in [2.24, 2.45) is 0 Å². The minimum Gasteiger partial charge on any atom is -0.392 e. The Labute approximate surface area is 114 Å². The Morgan fingerprint density at radius 2 is 2.22 bits per heavy atom. The van der Waals surface area contributed by atoms with Gasteiger partial charge in [-0.2, -0.15) is 0 Å². The van der Waals surface area contributed by atoms with Crippen molar-refractivity contribution in [2.75, 3.05) is 19.6 Å². The maximum absolute atomic E-state index is 13.4. The molecular formula is C12H16BrFN2O2. The van der Waals surface area contributed by atoms with Gasteiger partial charge in [0.15, 0.2) is 0 Å². The highest BCUT2D eigenvalue weighted by Crippen LogP contribution is 2.14. The highest BCUT2D eigenvalue weighted by atomic mass is 79.9. The molecule has 0 aliphatic heterocycles. The van der Waals surface area contributed by atoms with E-state index in [1.54, 1.807) is 13.0 Å². The fraction of sp³-hybridized carbons (Fsp3) is 0.417. The number of aliphatic hydroxyl groups excluding tert-OH is 1. The average molecular weight is 319 g/mol. The minimum absolute atomic E-state index is 0.0220. The summed E-state index contributed by atoms with van der Waals surface area (Å²) < 4.78 is 14.0. The summed E-state index contributed by atoms with van der Waals surface area (Å²) in [6.07, 6.45) is -0.426. The molecule has 0 spiro atoms. The van der Waals surface area contributed by atoms with Gasteiger partial charge in [0.05, 0.1) is 11.7 Å². The van der Waals surface area contributed by atoms with E-state index in [0.717, 1.165) is 0 Å². The van der Waals surface area contributed by atoms with Gasteiger partial charge < -0.3 is 15.7 Å². The lowest BCUT2D eigenvalue weighted by atomic mass is 10.2. The fourth-order valence-electron chi connectivity index (χ4n) is 1.34. The van der Waals surface area contributed by atoms with Crippen LogP contribution in [0.5, 0.6) is 0 Å². The maximum Gasteiger partial charge on any atom is 0.254 e. The largest absolute Gasteiger partial charge is 0.392 e. The third kappa shape index (κ3) is 5.12. The standard InChI is InChI=1S/C12H16BrFN2O2/c1-8(17)7-15-4-5-16-12(18)10-3-2-9(13)6-11(10)14/h2-3,6,8,15,17H,4-5,7H2,1H3,(H,16,18). The Kier molecular flexibility index (Phi) is 6.24. The van der Waals surface area contributed by atoms with Gasteiger partial charge in [-0.25, -0.2) is 4.39 Å². The molecule has 3 N–H and O–H groups in total. The number of rotatable bonds is 6. The van der Waals surface area contributed by atoms with E-state index < -0.39 is 17.8 Å². The molecule has 1 rings (SSSR count). The van der Waals surface area contributed by atoms with Crippen LogP contribution in [0.1, 0.15) is 17.3 Å². The molecule has 0 fully saturated rings. The monoisotopic (exact) mass is 318 g/mol. The quantitative estimate of drug-likeness (QED) is 0.693. The highest BCUT2D eigenvalue weighted by Gasteiger charge is 2.10. The van der Waals surface area contributed by atoms with Crippen LogP contribution in [-0.2, 0) is 0 Å². The molecule has 0 saturated carbocycles. The van der Waals surface area contributed by atoms with Gasteiger partial charge in [0.1, 0.15) is 5.82 Å². The van der Waals surface area contributed by atoms with Crippen molar-refractivity contribution >= 4 is 21.8 Å². The normalized spacial score (nSPS) is 12.2. The Bertz CT molecular complexity index is 413. The second-order valence-corrected chi connectivity index (χ2v) is 4.85. The lowest BCUT2D eigenvalue weighted by Crippen LogP contribution is -2.34. The van der Waals surface area contributed by atoms with Gasteiger partial charge in [-0.1, -0.05) is 15.9 Å². The number of aliphatic hydroxyl groups is 1. The number of hydrogen-bond acceptors (Lipinski definition) is 3. The summed E-state index contributed by atoms with van der Waals surface area (Å²) in [5, 5.41) is 14.5. The predicted octanol–water partition coefficient (Wildman–Crippen LogP) is 1.29. The van der Waals surface area contributed by atoms with E-state index in [0.29, 0.717) is 24.1 Å². The summed E-state index contributed by atoms with van der Waals surface area (Å²) in [6.45, 7) is 3.03. The summed E-state index contributed by atoms with van der Waals surface area (Å²) in [4.78, 5) is 11.6. The Hall–Kier alpha value is -0.980. The van der Waals surface area contributed by atoms with Crippen LogP contribution in [0.15, 0.2) is 22.7 Å². The van der Waals surface area contributed by atoms with Gasteiger partial charge >= 0.3 is 0 Å². The van der Waals surface area contributed by atoms with Crippen LogP contribution in [0.3, 0.4) is 0 Å². The number of benzene rings is 1. The molecule has 1 unspecified atom stereocenters. The van der Waals surface area contributed by atoms with Crippen molar-refractivity contribution in [3.05, 3.63) is 34.1 Å². The Morgan fingerprint density at radius 3 is 2.83 bits per heavy atom. The van der Waals surface area contributed by atoms with Crippen LogP contribution in [-0.4, -0.2) is 36.8 Å². The van der Waals surface area contributed by atoms with Crippen molar-refractivity contribution in [1.82, 2.24) is 10.6 Å². The lowest BCUT2D eigenvalue weighted by molar-refractivity contribution is 0.0949. The molecule has 0 aromatic heterocycles. The van der Waals surface area contributed by atoms with E-state index in [-0.39, 0.29) is 5.56 Å². The molecule has 0 saturated heterocycles. The predicted molar refractivity (Wildman–Crippen MR) is 71.0 cm³/mol. The Morgan fingerprint density at radius 1 is 1.50 bits per heavy atom. The zero-order valence-electron chi connectivity index (χ0n) is 10.0. The van der Waals surface area contributed by atoms with Crippen LogP contribution in [0.2, 0.25) is 0 Å². The molecule has 0 heterocycles. The number of amides is 1. The van der Waals surface area contributed by atoms with Gasteiger partial charge in [-0.3, -0.25) is 4.79 Å². The van der Waals surface area contributed by atoms with E-state index in [2.05, 4.69) is 26.6 Å². The number of hydrogen-bond donors (Lipinski definition) is 3. The third-order valence-corrected chi connectivity index (χ3v) is 2.70. The van der Waals surface area contributed by atoms with Gasteiger partial charge in [-0.05, 0) is 25.1 Å². The summed E-state index contributed by atoms with van der Waals surface area (Å²) in [5.41, 5.74) is 0.0220. The summed E-state index contributed by atoms with van der Waals surface area (Å²) in [5.74, 6) is -1.00. The van der Waals surface area contributed by atoms with Gasteiger partial charge in [0.25, 0.3) is 5.91 Å². The topological polar surface area (TPSA) is 61.4 Å². The van der Waals surface area contributed by atoms with Gasteiger partial charge in [-0.15, -0.1) is 0 Å². The van der Waals surface area contributed by atoms with Crippen molar-refractivity contribution in [3.63, 3.8) is 0 Å². The van der Waals surface area contributed by atoms with E-state index in [1.807, 2.05) is 0 Å². The first-order valence-electron chi connectivity index (χ1n) is 5.62. The molecule has 18 heavy (non-hydrogen) atoms. The van der Waals surface area contributed by atoms with E-state index in [1.165, 1.54) is 12.1 Å². The minimum atomic E-state index is -0.557. The molecule has 0 aliphatic rings. The van der Waals surface area contributed by atoms with Crippen LogP contribution < -0.4 is 10.6 Å². The first-order valence-corrected chi connectivity index (χ1v) is 6.42. The summed E-state index contributed by atoms with van der Waals surface area (Å²) >= 11 is 3.13. The Balaban J connectivity index is 2.36. The van der Waals surface area contributed by atoms with Crippen LogP contribution in [0, 0.1) is 5.82 Å². The molecular weight excluding hydrogens is 303 g/mol. The molecule has 0 aliphatic carbocycles. The van der Waals surface area contributed by atoms with E-state index in [9.17, 15) is 9.18 Å². The number of nitrogens with one attached hydrogen (secondary N) is 2. The number of halogens is 2. The first-order chi connectivity index (χ1) is 8.50. The lowest BCUT2D eigenvalue weighted by Gasteiger charge is -2.08. The molecule has 1 amide bonds. The van der Waals surface area contributed by atoms with Gasteiger partial charge in [0.2, 0.25) is 0 Å². The fourth-order valence-corrected chi connectivity index (χ4v) is 1.68. The molecule has 0 radical (unpaired) electrons. The van der Waals surface area contributed by atoms with Crippen LogP contribution >= 0.6 is 15.9 Å². The smallest absolute Gasteiger partial charge is 0.254 e. The molecule has 100 valence electrons. The van der Waals surface area contributed by atoms with Gasteiger partial charge in [0, 0.05) is 24.1 Å². The number of carbonyl (C=O) groups is 1. The van der Waals surface area contributed by atoms with Crippen molar-refractivity contribution in [2.45, 2.75) is 13.0 Å². The molecule has 6 heteroatoms. The van der Waals surface area contributed by atoms with Crippen molar-refractivity contribution in [1.29, 1.82) is 0 Å². The zero-order valence-corrected chi connectivity index (χ0v) is 11.6. The van der Waals surface area contributed by atoms with Crippen molar-refractivity contribution in [3.8, 4) is 0 Å². The SMILES string of the molecule is CC(O)CNCCNC(=O)c1ccc(Br)cc1F. The van der Waals surface area contributed by atoms with Crippen LogP contribution in [0.4, 0.5) is 4.39 Å². The molecule has 0 bridgehead atoms.